The van der Waals surface area contributed by atoms with Crippen LogP contribution in [0.5, 0.6) is 0 Å². The number of unbranched alkanes of at least 4 members (excludes halogenated alkanes) is 10. The molecule has 1 atom stereocenters. The van der Waals surface area contributed by atoms with Gasteiger partial charge in [0.15, 0.2) is 0 Å². The summed E-state index contributed by atoms with van der Waals surface area (Å²) in [6.07, 6.45) is 16.3. The van der Waals surface area contributed by atoms with Gasteiger partial charge in [0.1, 0.15) is 11.6 Å². The second-order valence-corrected chi connectivity index (χ2v) is 7.15. The van der Waals surface area contributed by atoms with Crippen LogP contribution in [0.3, 0.4) is 0 Å². The molecule has 0 saturated heterocycles. The lowest BCUT2D eigenvalue weighted by Crippen LogP contribution is -2.15. The van der Waals surface area contributed by atoms with Crippen LogP contribution in [-0.4, -0.2) is 11.6 Å². The smallest absolute Gasteiger partial charge is 0.136 e. The Labute approximate surface area is 144 Å². The lowest BCUT2D eigenvalue weighted by atomic mass is 9.94. The summed E-state index contributed by atoms with van der Waals surface area (Å²) in [6.45, 7) is 6.36. The summed E-state index contributed by atoms with van der Waals surface area (Å²) in [5.74, 6) is 0.499. The Morgan fingerprint density at radius 1 is 0.652 bits per heavy atom. The van der Waals surface area contributed by atoms with Gasteiger partial charge in [-0.1, -0.05) is 85.0 Å². The molecule has 0 rings (SSSR count). The zero-order valence-corrected chi connectivity index (χ0v) is 16.0. The first-order chi connectivity index (χ1) is 11.1. The minimum absolute atomic E-state index is 0.0711. The molecule has 0 spiro atoms. The van der Waals surface area contributed by atoms with Crippen molar-refractivity contribution in [2.24, 2.45) is 5.92 Å². The molecule has 0 saturated carbocycles. The molecule has 136 valence electrons. The molecule has 0 aromatic heterocycles. The van der Waals surface area contributed by atoms with Gasteiger partial charge in [0.2, 0.25) is 0 Å². The molecule has 0 amide bonds. The average molecular weight is 325 g/mol. The molecule has 0 aliphatic rings. The maximum absolute atomic E-state index is 12.1. The van der Waals surface area contributed by atoms with E-state index in [9.17, 15) is 9.59 Å². The fraction of sp³-hybridized carbons (Fsp3) is 0.905. The molecule has 2 heteroatoms. The molecule has 0 N–H and O–H groups in total. The van der Waals surface area contributed by atoms with Crippen molar-refractivity contribution in [3.05, 3.63) is 0 Å². The molecule has 0 aromatic carbocycles. The molecule has 0 radical (unpaired) electrons. The van der Waals surface area contributed by atoms with Crippen molar-refractivity contribution in [2.75, 3.05) is 0 Å². The van der Waals surface area contributed by atoms with Gasteiger partial charge in [0.25, 0.3) is 0 Å². The molecule has 0 aliphatic heterocycles. The molecule has 0 aromatic rings. The Bertz CT molecular complexity index is 296. The fourth-order valence-electron chi connectivity index (χ4n) is 2.99. The second-order valence-electron chi connectivity index (χ2n) is 7.15. The highest BCUT2D eigenvalue weighted by molar-refractivity contribution is 5.87. The predicted molar refractivity (Wildman–Crippen MR) is 99.8 cm³/mol. The van der Waals surface area contributed by atoms with Crippen molar-refractivity contribution >= 4 is 11.6 Å². The van der Waals surface area contributed by atoms with E-state index in [1.807, 2.05) is 6.92 Å². The maximum atomic E-state index is 12.1. The molecule has 0 heterocycles. The van der Waals surface area contributed by atoms with Crippen LogP contribution in [-0.2, 0) is 9.59 Å². The van der Waals surface area contributed by atoms with Crippen LogP contribution >= 0.6 is 0 Å². The summed E-state index contributed by atoms with van der Waals surface area (Å²) in [4.78, 5) is 24.0. The number of carbonyl (C=O) groups excluding carboxylic acids is 2. The van der Waals surface area contributed by atoms with Crippen molar-refractivity contribution in [3.8, 4) is 0 Å². The van der Waals surface area contributed by atoms with Crippen LogP contribution in [0.1, 0.15) is 117 Å². The number of Topliss-reactive ketones (excluding diaryl/α,β-unsaturated/α-hetero) is 2. The van der Waals surface area contributed by atoms with E-state index < -0.39 is 0 Å². The molecular formula is C21H40O2. The lowest BCUT2D eigenvalue weighted by Gasteiger charge is -2.10. The third-order valence-corrected chi connectivity index (χ3v) is 4.67. The van der Waals surface area contributed by atoms with Crippen molar-refractivity contribution in [1.29, 1.82) is 0 Å². The highest BCUT2D eigenvalue weighted by Crippen LogP contribution is 2.15. The van der Waals surface area contributed by atoms with E-state index in [1.54, 1.807) is 0 Å². The van der Waals surface area contributed by atoms with Gasteiger partial charge in [-0.3, -0.25) is 9.59 Å². The first-order valence-corrected chi connectivity index (χ1v) is 10.2. The molecular weight excluding hydrogens is 284 g/mol. The van der Waals surface area contributed by atoms with Crippen LogP contribution in [0.4, 0.5) is 0 Å². The first-order valence-electron chi connectivity index (χ1n) is 10.2. The van der Waals surface area contributed by atoms with Gasteiger partial charge in [0.05, 0.1) is 0 Å². The summed E-state index contributed by atoms with van der Waals surface area (Å²) < 4.78 is 0. The van der Waals surface area contributed by atoms with Crippen molar-refractivity contribution < 1.29 is 9.59 Å². The van der Waals surface area contributed by atoms with E-state index in [4.69, 9.17) is 0 Å². The average Bonchev–Trinajstić information content (AvgIpc) is 2.53. The third kappa shape index (κ3) is 14.7. The molecule has 2 nitrogen and oxygen atoms in total. The van der Waals surface area contributed by atoms with Gasteiger partial charge in [-0.2, -0.15) is 0 Å². The summed E-state index contributed by atoms with van der Waals surface area (Å²) >= 11 is 0. The maximum Gasteiger partial charge on any atom is 0.136 e. The van der Waals surface area contributed by atoms with Gasteiger partial charge in [-0.25, -0.2) is 0 Å². The standard InChI is InChI=1S/C21H40O2/c1-4-6-8-10-12-14-16-20(22)18-19(3)21(23)17-15-13-11-9-7-5-2/h19H,4-18H2,1-3H3. The van der Waals surface area contributed by atoms with Crippen LogP contribution in [0.2, 0.25) is 0 Å². The van der Waals surface area contributed by atoms with Gasteiger partial charge < -0.3 is 0 Å². The highest BCUT2D eigenvalue weighted by atomic mass is 16.1. The van der Waals surface area contributed by atoms with Gasteiger partial charge in [0, 0.05) is 25.2 Å². The lowest BCUT2D eigenvalue weighted by molar-refractivity contribution is -0.127. The quantitative estimate of drug-likeness (QED) is 0.281. The summed E-state index contributed by atoms with van der Waals surface area (Å²) in [5, 5.41) is 0. The van der Waals surface area contributed by atoms with E-state index in [2.05, 4.69) is 13.8 Å². The number of ketones is 2. The Morgan fingerprint density at radius 3 is 1.61 bits per heavy atom. The Hall–Kier alpha value is -0.660. The van der Waals surface area contributed by atoms with Crippen LogP contribution in [0.25, 0.3) is 0 Å². The summed E-state index contributed by atoms with van der Waals surface area (Å²) in [7, 11) is 0. The molecule has 0 fully saturated rings. The Balaban J connectivity index is 3.59. The van der Waals surface area contributed by atoms with E-state index in [0.717, 1.165) is 25.7 Å². The molecule has 23 heavy (non-hydrogen) atoms. The number of hydrogen-bond donors (Lipinski definition) is 0. The van der Waals surface area contributed by atoms with E-state index >= 15 is 0 Å². The molecule has 0 aliphatic carbocycles. The van der Waals surface area contributed by atoms with Crippen LogP contribution in [0.15, 0.2) is 0 Å². The van der Waals surface area contributed by atoms with Crippen molar-refractivity contribution in [1.82, 2.24) is 0 Å². The van der Waals surface area contributed by atoms with Crippen molar-refractivity contribution in [2.45, 2.75) is 117 Å². The second kappa shape index (κ2) is 16.2. The predicted octanol–water partition coefficient (Wildman–Crippen LogP) is 6.65. The minimum Gasteiger partial charge on any atom is -0.300 e. The van der Waals surface area contributed by atoms with E-state index in [0.29, 0.717) is 19.3 Å². The number of carbonyl (C=O) groups is 2. The van der Waals surface area contributed by atoms with Crippen LogP contribution < -0.4 is 0 Å². The number of hydrogen-bond acceptors (Lipinski definition) is 2. The summed E-state index contributed by atoms with van der Waals surface area (Å²) in [5.41, 5.74) is 0. The molecule has 0 bridgehead atoms. The monoisotopic (exact) mass is 324 g/mol. The first kappa shape index (κ1) is 22.3. The zero-order valence-electron chi connectivity index (χ0n) is 16.0. The van der Waals surface area contributed by atoms with Crippen molar-refractivity contribution in [3.63, 3.8) is 0 Å². The van der Waals surface area contributed by atoms with E-state index in [-0.39, 0.29) is 17.5 Å². The molecule has 1 unspecified atom stereocenters. The third-order valence-electron chi connectivity index (χ3n) is 4.67. The van der Waals surface area contributed by atoms with Gasteiger partial charge >= 0.3 is 0 Å². The Morgan fingerprint density at radius 2 is 1.09 bits per heavy atom. The minimum atomic E-state index is -0.0711. The highest BCUT2D eigenvalue weighted by Gasteiger charge is 2.16. The topological polar surface area (TPSA) is 34.1 Å². The number of rotatable bonds is 17. The van der Waals surface area contributed by atoms with Gasteiger partial charge in [-0.05, 0) is 12.8 Å². The van der Waals surface area contributed by atoms with Gasteiger partial charge in [-0.15, -0.1) is 0 Å². The zero-order chi connectivity index (χ0) is 17.3. The van der Waals surface area contributed by atoms with Crippen LogP contribution in [0, 0.1) is 5.92 Å². The largest absolute Gasteiger partial charge is 0.300 e. The summed E-state index contributed by atoms with van der Waals surface area (Å²) in [6, 6.07) is 0. The SMILES string of the molecule is CCCCCCCCC(=O)CC(C)C(=O)CCCCCCCC. The Kier molecular flexibility index (Phi) is 15.7. The normalized spacial score (nSPS) is 12.3. The fourth-order valence-corrected chi connectivity index (χ4v) is 2.99. The van der Waals surface area contributed by atoms with E-state index in [1.165, 1.54) is 51.4 Å².